The predicted octanol–water partition coefficient (Wildman–Crippen LogP) is 4.56. The van der Waals surface area contributed by atoms with E-state index in [-0.39, 0.29) is 31.8 Å². The van der Waals surface area contributed by atoms with Crippen molar-refractivity contribution in [3.63, 3.8) is 0 Å². The Morgan fingerprint density at radius 1 is 0.921 bits per heavy atom. The fourth-order valence-corrected chi connectivity index (χ4v) is 10.3. The number of rotatable bonds is 10. The topological polar surface area (TPSA) is 121 Å². The predicted molar refractivity (Wildman–Crippen MR) is 127 cm³/mol. The highest BCUT2D eigenvalue weighted by molar-refractivity contribution is 7.96. The maximum Gasteiger partial charge on any atom is 0.415 e. The molecule has 0 aromatic heterocycles. The Labute approximate surface area is 224 Å². The number of aliphatic hydroxyl groups is 1. The van der Waals surface area contributed by atoms with E-state index in [1.807, 2.05) is 0 Å². The molecule has 0 aromatic rings. The number of esters is 2. The molecule has 0 amide bonds. The summed E-state index contributed by atoms with van der Waals surface area (Å²) in [6, 6.07) is 0. The Morgan fingerprint density at radius 3 is 2.16 bits per heavy atom. The van der Waals surface area contributed by atoms with Gasteiger partial charge < -0.3 is 19.3 Å². The summed E-state index contributed by atoms with van der Waals surface area (Å²) in [6.45, 7) is 1.80. The van der Waals surface area contributed by atoms with E-state index < -0.39 is 51.6 Å². The fourth-order valence-electron chi connectivity index (χ4n) is 10.1. The highest BCUT2D eigenvalue weighted by Crippen LogP contribution is 2.63. The second kappa shape index (κ2) is 9.24. The average molecular weight is 563 g/mol. The molecule has 0 aliphatic heterocycles. The number of carbonyl (C=O) groups excluding carboxylic acids is 2. The average Bonchev–Trinajstić information content (AvgIpc) is 2.81. The van der Waals surface area contributed by atoms with Crippen molar-refractivity contribution in [1.29, 1.82) is 0 Å². The van der Waals surface area contributed by atoms with Gasteiger partial charge in [0.15, 0.2) is 0 Å². The van der Waals surface area contributed by atoms with E-state index in [1.54, 1.807) is 0 Å². The Kier molecular flexibility index (Phi) is 6.60. The van der Waals surface area contributed by atoms with Gasteiger partial charge in [-0.1, -0.05) is 12.0 Å². The monoisotopic (exact) mass is 562 g/mol. The minimum absolute atomic E-state index is 0.0144. The highest BCUT2D eigenvalue weighted by Gasteiger charge is 2.67. The van der Waals surface area contributed by atoms with Crippen molar-refractivity contribution >= 4 is 24.0 Å². The van der Waals surface area contributed by atoms with Crippen LogP contribution in [-0.4, -0.2) is 56.6 Å². The van der Waals surface area contributed by atoms with Crippen LogP contribution < -0.4 is 0 Å². The molecule has 8 rings (SSSR count). The maximum atomic E-state index is 14.2. The third-order valence-corrected chi connectivity index (χ3v) is 11.0. The number of ether oxygens (including phenoxy) is 3. The molecule has 0 spiro atoms. The van der Waals surface area contributed by atoms with E-state index in [9.17, 15) is 23.5 Å². The molecular weight excluding hydrogens is 526 g/mol. The van der Waals surface area contributed by atoms with Crippen LogP contribution >= 0.6 is 12.0 Å². The van der Waals surface area contributed by atoms with Gasteiger partial charge in [0.1, 0.15) is 29.9 Å². The zero-order valence-corrected chi connectivity index (χ0v) is 22.3. The lowest BCUT2D eigenvalue weighted by atomic mass is 9.49. The third kappa shape index (κ3) is 4.56. The van der Waals surface area contributed by atoms with Gasteiger partial charge in [-0.25, -0.2) is 14.8 Å². The molecule has 0 saturated heterocycles. The van der Waals surface area contributed by atoms with Crippen molar-refractivity contribution in [1.82, 2.24) is 0 Å². The van der Waals surface area contributed by atoms with Crippen molar-refractivity contribution in [2.75, 3.05) is 6.61 Å². The minimum atomic E-state index is -4.14. The molecule has 8 bridgehead atoms. The summed E-state index contributed by atoms with van der Waals surface area (Å²) < 4.78 is 49.9. The fraction of sp³-hybridized carbons (Fsp3) is 0.923. The van der Waals surface area contributed by atoms with Gasteiger partial charge in [0.25, 0.3) is 0 Å². The second-order valence-electron chi connectivity index (χ2n) is 13.1. The molecule has 0 aromatic carbocycles. The van der Waals surface area contributed by atoms with Gasteiger partial charge >= 0.3 is 17.2 Å². The zero-order chi connectivity index (χ0) is 27.0. The first-order chi connectivity index (χ1) is 17.9. The first-order valence-electron chi connectivity index (χ1n) is 13.8. The summed E-state index contributed by atoms with van der Waals surface area (Å²) in [5, 5.41) is 18.5. The first-order valence-corrected chi connectivity index (χ1v) is 14.5. The van der Waals surface area contributed by atoms with Gasteiger partial charge in [0, 0.05) is 19.3 Å². The van der Waals surface area contributed by atoms with Gasteiger partial charge in [0.05, 0.1) is 11.2 Å². The Balaban J connectivity index is 1.14. The standard InChI is InChI=1S/C26H36F2O9S/c1-2-25(18-4-15-3-16(6-18)7-19(25)5-15)34-20(29)11-33-23-9-17-8-22(31,12-23)13-24(10-17,14-23)35-21(30)26(27,28)38-37-36-32/h15-19,31-32H,2-14H2,1H3. The van der Waals surface area contributed by atoms with Gasteiger partial charge in [-0.2, -0.15) is 8.78 Å². The van der Waals surface area contributed by atoms with Crippen LogP contribution in [0.3, 0.4) is 0 Å². The highest BCUT2D eigenvalue weighted by atomic mass is 32.2. The van der Waals surface area contributed by atoms with E-state index in [1.165, 1.54) is 6.42 Å². The van der Waals surface area contributed by atoms with Crippen LogP contribution in [0, 0.1) is 29.6 Å². The maximum absolute atomic E-state index is 14.2. The number of hydrogen-bond donors (Lipinski definition) is 2. The SMILES string of the molecule is CCC1(OC(=O)COC23CC4CC(O)(C2)CC(OC(=O)C(F)(F)SOOO)(C4)C3)C2CC3CC(C2)CC1C3. The molecule has 4 atom stereocenters. The first kappa shape index (κ1) is 27.1. The third-order valence-electron chi connectivity index (χ3n) is 10.5. The molecule has 9 nitrogen and oxygen atoms in total. The molecule has 12 heteroatoms. The number of carbonyl (C=O) groups is 2. The van der Waals surface area contributed by atoms with E-state index in [0.717, 1.165) is 43.9 Å². The van der Waals surface area contributed by atoms with Crippen LogP contribution in [0.2, 0.25) is 0 Å². The summed E-state index contributed by atoms with van der Waals surface area (Å²) in [7, 11) is 0. The van der Waals surface area contributed by atoms with Crippen molar-refractivity contribution in [2.24, 2.45) is 29.6 Å². The lowest BCUT2D eigenvalue weighted by molar-refractivity contribution is -0.433. The van der Waals surface area contributed by atoms with Crippen molar-refractivity contribution in [3.05, 3.63) is 0 Å². The molecule has 8 aliphatic rings. The van der Waals surface area contributed by atoms with E-state index in [0.29, 0.717) is 31.1 Å². The zero-order valence-electron chi connectivity index (χ0n) is 21.5. The van der Waals surface area contributed by atoms with E-state index in [4.69, 9.17) is 19.5 Å². The molecule has 38 heavy (non-hydrogen) atoms. The molecule has 214 valence electrons. The Morgan fingerprint density at radius 2 is 1.55 bits per heavy atom. The van der Waals surface area contributed by atoms with E-state index in [2.05, 4.69) is 16.3 Å². The number of alkyl halides is 2. The minimum Gasteiger partial charge on any atom is -0.457 e. The van der Waals surface area contributed by atoms with Gasteiger partial charge in [-0.3, -0.25) is 0 Å². The largest absolute Gasteiger partial charge is 0.457 e. The molecule has 2 N–H and O–H groups in total. The molecule has 0 radical (unpaired) electrons. The quantitative estimate of drug-likeness (QED) is 0.170. The molecule has 4 unspecified atom stereocenters. The lowest BCUT2D eigenvalue weighted by Gasteiger charge is -2.63. The van der Waals surface area contributed by atoms with Crippen molar-refractivity contribution in [3.8, 4) is 0 Å². The summed E-state index contributed by atoms with van der Waals surface area (Å²) in [5.74, 6) is -0.140. The van der Waals surface area contributed by atoms with Crippen LogP contribution in [0.5, 0.6) is 0 Å². The molecule has 8 fully saturated rings. The van der Waals surface area contributed by atoms with Gasteiger partial charge in [-0.15, -0.1) is 4.33 Å². The summed E-state index contributed by atoms with van der Waals surface area (Å²) in [4.78, 5) is 25.6. The summed E-state index contributed by atoms with van der Waals surface area (Å²) >= 11 is -0.679. The molecule has 8 aliphatic carbocycles. The second-order valence-corrected chi connectivity index (χ2v) is 13.9. The smallest absolute Gasteiger partial charge is 0.415 e. The van der Waals surface area contributed by atoms with Gasteiger partial charge in [0.2, 0.25) is 0 Å². The Hall–Kier alpha value is -1.05. The van der Waals surface area contributed by atoms with Crippen LogP contribution in [0.1, 0.15) is 84.0 Å². The number of hydrogen-bond acceptors (Lipinski definition) is 10. The van der Waals surface area contributed by atoms with E-state index >= 15 is 0 Å². The molecular formula is C26H36F2O9S. The normalized spacial score (nSPS) is 46.4. The van der Waals surface area contributed by atoms with Crippen LogP contribution in [-0.2, 0) is 33.2 Å². The van der Waals surface area contributed by atoms with Crippen LogP contribution in [0.15, 0.2) is 0 Å². The van der Waals surface area contributed by atoms with Crippen LogP contribution in [0.25, 0.3) is 0 Å². The summed E-state index contributed by atoms with van der Waals surface area (Å²) in [5.41, 5.74) is -4.04. The molecule has 0 heterocycles. The molecule has 8 saturated carbocycles. The Bertz CT molecular complexity index is 952. The lowest BCUT2D eigenvalue weighted by Crippen LogP contribution is -2.68. The summed E-state index contributed by atoms with van der Waals surface area (Å²) in [6.07, 6.45) is 8.19. The van der Waals surface area contributed by atoms with Crippen LogP contribution in [0.4, 0.5) is 8.78 Å². The number of halogens is 2. The van der Waals surface area contributed by atoms with Gasteiger partial charge in [-0.05, 0) is 87.4 Å². The van der Waals surface area contributed by atoms with Crippen molar-refractivity contribution < 1.29 is 52.3 Å². The van der Waals surface area contributed by atoms with Crippen molar-refractivity contribution in [2.45, 2.75) is 112 Å².